The fourth-order valence-corrected chi connectivity index (χ4v) is 6.33. The van der Waals surface area contributed by atoms with Crippen LogP contribution in [0.1, 0.15) is 55.0 Å². The van der Waals surface area contributed by atoms with E-state index in [0.717, 1.165) is 61.8 Å². The molecule has 1 aliphatic rings. The normalized spacial score (nSPS) is 16.0. The molecule has 0 amide bonds. The summed E-state index contributed by atoms with van der Waals surface area (Å²) in [6.07, 6.45) is 2.61. The molecule has 212 valence electrons. The Morgan fingerprint density at radius 3 is 1.98 bits per heavy atom. The molecule has 1 heterocycles. The Balaban J connectivity index is 0.00000370. The van der Waals surface area contributed by atoms with Crippen LogP contribution in [0, 0.1) is 0 Å². The lowest BCUT2D eigenvalue weighted by molar-refractivity contribution is 0.00694. The van der Waals surface area contributed by atoms with E-state index in [1.54, 1.807) is 7.11 Å². The van der Waals surface area contributed by atoms with Crippen molar-refractivity contribution >= 4 is 34.8 Å². The summed E-state index contributed by atoms with van der Waals surface area (Å²) >= 11 is 6.55. The highest BCUT2D eigenvalue weighted by Crippen LogP contribution is 2.36. The summed E-state index contributed by atoms with van der Waals surface area (Å²) in [5.74, 6) is 0.667. The van der Waals surface area contributed by atoms with Gasteiger partial charge in [0.25, 0.3) is 0 Å². The number of hydrogen-bond acceptors (Lipinski definition) is 4. The van der Waals surface area contributed by atoms with Crippen molar-refractivity contribution in [1.82, 2.24) is 9.80 Å². The number of aliphatic hydroxyl groups is 1. The van der Waals surface area contributed by atoms with Crippen LogP contribution in [0.15, 0.2) is 91.0 Å². The molecule has 4 nitrogen and oxygen atoms in total. The average Bonchev–Trinajstić information content (AvgIpc) is 2.99. The minimum atomic E-state index is -0.563. The van der Waals surface area contributed by atoms with Crippen molar-refractivity contribution in [2.24, 2.45) is 0 Å². The maximum Gasteiger partial charge on any atom is 0.138 e. The molecule has 1 saturated heterocycles. The molecule has 0 radical (unpaired) electrons. The Bertz CT molecular complexity index is 1300. The van der Waals surface area contributed by atoms with Crippen LogP contribution in [0.5, 0.6) is 5.75 Å². The van der Waals surface area contributed by atoms with E-state index in [4.69, 9.17) is 16.3 Å². The standard InChI is InChI=1S/C34H39ClN2O2.ClH/c1-3-4-15-30(34(38)28-16-18-29-27(24-28)17-19-31(39-2)32(29)35)36-20-22-37(23-21-36)33(25-11-7-5-8-12-25)26-13-9-6-10-14-26;/h5-14,16-19,24,30,33-34,38H,3-4,15,20-23H2,1-2H3;1H. The third-order valence-electron chi connectivity index (χ3n) is 8.14. The van der Waals surface area contributed by atoms with E-state index in [-0.39, 0.29) is 24.5 Å². The molecule has 4 aromatic rings. The van der Waals surface area contributed by atoms with E-state index >= 15 is 0 Å². The van der Waals surface area contributed by atoms with Gasteiger partial charge in [0.1, 0.15) is 5.75 Å². The Labute approximate surface area is 249 Å². The van der Waals surface area contributed by atoms with Crippen LogP contribution in [0.25, 0.3) is 10.8 Å². The van der Waals surface area contributed by atoms with E-state index in [1.165, 1.54) is 11.1 Å². The average molecular weight is 580 g/mol. The largest absolute Gasteiger partial charge is 0.495 e. The fraction of sp³-hybridized carbons (Fsp3) is 0.353. The zero-order chi connectivity index (χ0) is 27.2. The second-order valence-electron chi connectivity index (χ2n) is 10.5. The number of rotatable bonds is 10. The number of benzene rings is 4. The first-order valence-electron chi connectivity index (χ1n) is 14.1. The third-order valence-corrected chi connectivity index (χ3v) is 8.53. The van der Waals surface area contributed by atoms with Gasteiger partial charge in [0.2, 0.25) is 0 Å². The smallest absolute Gasteiger partial charge is 0.138 e. The van der Waals surface area contributed by atoms with Crippen LogP contribution < -0.4 is 4.74 Å². The molecule has 0 bridgehead atoms. The van der Waals surface area contributed by atoms with Gasteiger partial charge in [-0.1, -0.05) is 110 Å². The number of ether oxygens (including phenoxy) is 1. The fourth-order valence-electron chi connectivity index (χ4n) is 6.02. The van der Waals surface area contributed by atoms with Crippen molar-refractivity contribution in [3.63, 3.8) is 0 Å². The van der Waals surface area contributed by atoms with E-state index in [9.17, 15) is 5.11 Å². The number of methoxy groups -OCH3 is 1. The molecule has 0 aliphatic carbocycles. The van der Waals surface area contributed by atoms with Crippen LogP contribution in [0.3, 0.4) is 0 Å². The third kappa shape index (κ3) is 6.64. The first-order valence-corrected chi connectivity index (χ1v) is 14.5. The molecule has 1 aliphatic heterocycles. The van der Waals surface area contributed by atoms with Gasteiger partial charge in [-0.25, -0.2) is 0 Å². The van der Waals surface area contributed by atoms with Gasteiger partial charge in [-0.15, -0.1) is 12.4 Å². The minimum Gasteiger partial charge on any atom is -0.495 e. The van der Waals surface area contributed by atoms with Gasteiger partial charge in [0.15, 0.2) is 0 Å². The summed E-state index contributed by atoms with van der Waals surface area (Å²) in [7, 11) is 1.63. The van der Waals surface area contributed by atoms with Crippen LogP contribution in [0.2, 0.25) is 5.02 Å². The lowest BCUT2D eigenvalue weighted by atomic mass is 9.93. The van der Waals surface area contributed by atoms with Gasteiger partial charge < -0.3 is 9.84 Å². The molecule has 1 fully saturated rings. The van der Waals surface area contributed by atoms with E-state index in [1.807, 2.05) is 24.3 Å². The van der Waals surface area contributed by atoms with Gasteiger partial charge in [-0.2, -0.15) is 0 Å². The highest BCUT2D eigenvalue weighted by molar-refractivity contribution is 6.37. The van der Waals surface area contributed by atoms with E-state index in [2.05, 4.69) is 83.5 Å². The van der Waals surface area contributed by atoms with Crippen molar-refractivity contribution in [2.75, 3.05) is 33.3 Å². The molecule has 6 heteroatoms. The highest BCUT2D eigenvalue weighted by Gasteiger charge is 2.32. The van der Waals surface area contributed by atoms with Gasteiger partial charge in [-0.3, -0.25) is 9.80 Å². The lowest BCUT2D eigenvalue weighted by Crippen LogP contribution is -2.52. The van der Waals surface area contributed by atoms with Crippen LogP contribution >= 0.6 is 24.0 Å². The minimum absolute atomic E-state index is 0. The van der Waals surface area contributed by atoms with Gasteiger partial charge in [0, 0.05) is 37.6 Å². The molecule has 5 rings (SSSR count). The van der Waals surface area contributed by atoms with Crippen molar-refractivity contribution in [2.45, 2.75) is 44.4 Å². The Kier molecular flexibility index (Phi) is 10.9. The Hall–Kier alpha value is -2.60. The summed E-state index contributed by atoms with van der Waals surface area (Å²) in [5.41, 5.74) is 3.59. The number of halogens is 2. The molecule has 4 aromatic carbocycles. The number of fused-ring (bicyclic) bond motifs is 1. The quantitative estimate of drug-likeness (QED) is 0.207. The number of aliphatic hydroxyl groups excluding tert-OH is 1. The van der Waals surface area contributed by atoms with E-state index in [0.29, 0.717) is 10.8 Å². The SMILES string of the molecule is CCCCC(C(O)c1ccc2c(Cl)c(OC)ccc2c1)N1CCN(C(c2ccccc2)c2ccccc2)CC1.Cl. The number of unbranched alkanes of at least 4 members (excludes halogenated alkanes) is 1. The predicted molar refractivity (Wildman–Crippen MR) is 169 cm³/mol. The molecular formula is C34H40Cl2N2O2. The highest BCUT2D eigenvalue weighted by atomic mass is 35.5. The predicted octanol–water partition coefficient (Wildman–Crippen LogP) is 7.92. The molecule has 40 heavy (non-hydrogen) atoms. The summed E-state index contributed by atoms with van der Waals surface area (Å²) in [4.78, 5) is 5.10. The number of piperazine rings is 1. The van der Waals surface area contributed by atoms with E-state index < -0.39 is 6.10 Å². The van der Waals surface area contributed by atoms with Crippen molar-refractivity contribution < 1.29 is 9.84 Å². The molecule has 0 aromatic heterocycles. The first kappa shape index (κ1) is 30.4. The second-order valence-corrected chi connectivity index (χ2v) is 10.9. The van der Waals surface area contributed by atoms with Crippen molar-refractivity contribution in [3.8, 4) is 5.75 Å². The summed E-state index contributed by atoms with van der Waals surface area (Å²) in [6, 6.07) is 32.0. The van der Waals surface area contributed by atoms with Gasteiger partial charge in [-0.05, 0) is 40.6 Å². The number of nitrogens with zero attached hydrogens (tertiary/aromatic N) is 2. The Morgan fingerprint density at radius 2 is 1.40 bits per heavy atom. The molecule has 1 N–H and O–H groups in total. The molecule has 2 unspecified atom stereocenters. The zero-order valence-electron chi connectivity index (χ0n) is 23.4. The maximum absolute atomic E-state index is 11.7. The van der Waals surface area contributed by atoms with Crippen LogP contribution in [-0.4, -0.2) is 54.2 Å². The molecule has 2 atom stereocenters. The lowest BCUT2D eigenvalue weighted by Gasteiger charge is -2.44. The van der Waals surface area contributed by atoms with Crippen molar-refractivity contribution in [3.05, 3.63) is 113 Å². The first-order chi connectivity index (χ1) is 19.1. The van der Waals surface area contributed by atoms with Crippen LogP contribution in [0.4, 0.5) is 0 Å². The summed E-state index contributed by atoms with van der Waals surface area (Å²) in [6.45, 7) is 5.99. The second kappa shape index (κ2) is 14.3. The van der Waals surface area contributed by atoms with Gasteiger partial charge in [0.05, 0.1) is 24.3 Å². The van der Waals surface area contributed by atoms with Crippen molar-refractivity contribution in [1.29, 1.82) is 0 Å². The molecule has 0 saturated carbocycles. The summed E-state index contributed by atoms with van der Waals surface area (Å²) < 4.78 is 5.38. The number of hydrogen-bond donors (Lipinski definition) is 1. The van der Waals surface area contributed by atoms with Crippen LogP contribution in [-0.2, 0) is 0 Å². The monoisotopic (exact) mass is 578 g/mol. The zero-order valence-corrected chi connectivity index (χ0v) is 25.0. The topological polar surface area (TPSA) is 35.9 Å². The maximum atomic E-state index is 11.7. The Morgan fingerprint density at radius 1 is 0.800 bits per heavy atom. The molecule has 0 spiro atoms. The summed E-state index contributed by atoms with van der Waals surface area (Å²) in [5, 5.41) is 14.3. The van der Waals surface area contributed by atoms with Gasteiger partial charge >= 0.3 is 0 Å². The molecular weight excluding hydrogens is 539 g/mol.